The van der Waals surface area contributed by atoms with Gasteiger partial charge in [-0.25, -0.2) is 4.99 Å². The molecule has 1 fully saturated rings. The largest absolute Gasteiger partial charge is 0.497 e. The van der Waals surface area contributed by atoms with Crippen molar-refractivity contribution in [2.24, 2.45) is 4.99 Å². The lowest BCUT2D eigenvalue weighted by atomic mass is 10.1. The van der Waals surface area contributed by atoms with Crippen molar-refractivity contribution in [2.75, 3.05) is 14.2 Å². The van der Waals surface area contributed by atoms with Gasteiger partial charge in [0, 0.05) is 32.7 Å². The first-order valence-electron chi connectivity index (χ1n) is 10.1. The minimum Gasteiger partial charge on any atom is -0.497 e. The van der Waals surface area contributed by atoms with E-state index in [0.29, 0.717) is 25.9 Å². The van der Waals surface area contributed by atoms with Crippen molar-refractivity contribution in [3.63, 3.8) is 0 Å². The Morgan fingerprint density at radius 3 is 2.56 bits per heavy atom. The number of amidine groups is 1. The standard InChI is InChI=1S/C25H19BrCl2N2O3S/c1-30-24(31)23(34-25(30)29-19-6-8-20(32-2)9-7-19)12-16-11-17(26)4-10-22(16)33-14-15-3-5-18(27)13-21(15)28/h3-13H,14H2,1-2H3/b23-12+,29-25?. The maximum atomic E-state index is 12.9. The van der Waals surface area contributed by atoms with Crippen LogP contribution in [0.3, 0.4) is 0 Å². The van der Waals surface area contributed by atoms with Crippen LogP contribution in [0.25, 0.3) is 6.08 Å². The van der Waals surface area contributed by atoms with Crippen molar-refractivity contribution in [2.45, 2.75) is 6.61 Å². The van der Waals surface area contributed by atoms with E-state index in [0.717, 1.165) is 27.0 Å². The average Bonchev–Trinajstić information content (AvgIpc) is 3.07. The molecule has 174 valence electrons. The molecule has 0 atom stereocenters. The Bertz CT molecular complexity index is 1300. The number of amides is 1. The van der Waals surface area contributed by atoms with Crippen molar-refractivity contribution in [1.29, 1.82) is 0 Å². The highest BCUT2D eigenvalue weighted by Gasteiger charge is 2.30. The lowest BCUT2D eigenvalue weighted by Gasteiger charge is -2.11. The van der Waals surface area contributed by atoms with E-state index in [1.165, 1.54) is 16.7 Å². The number of thioether (sulfide) groups is 1. The van der Waals surface area contributed by atoms with Crippen molar-refractivity contribution in [1.82, 2.24) is 4.90 Å². The first-order valence-corrected chi connectivity index (χ1v) is 12.5. The number of rotatable bonds is 6. The number of likely N-dealkylation sites (N-methyl/N-ethyl adjacent to an activating group) is 1. The van der Waals surface area contributed by atoms with E-state index in [-0.39, 0.29) is 12.5 Å². The van der Waals surface area contributed by atoms with Gasteiger partial charge >= 0.3 is 0 Å². The first-order chi connectivity index (χ1) is 16.3. The van der Waals surface area contributed by atoms with Crippen LogP contribution in [-0.2, 0) is 11.4 Å². The zero-order valence-corrected chi connectivity index (χ0v) is 22.1. The van der Waals surface area contributed by atoms with Crippen LogP contribution < -0.4 is 9.47 Å². The maximum absolute atomic E-state index is 12.9. The van der Waals surface area contributed by atoms with Crippen molar-refractivity contribution in [3.8, 4) is 11.5 Å². The van der Waals surface area contributed by atoms with E-state index in [1.807, 2.05) is 54.6 Å². The molecule has 0 spiro atoms. The fraction of sp³-hybridized carbons (Fsp3) is 0.120. The molecule has 34 heavy (non-hydrogen) atoms. The molecule has 4 rings (SSSR count). The lowest BCUT2D eigenvalue weighted by Crippen LogP contribution is -2.23. The van der Waals surface area contributed by atoms with E-state index < -0.39 is 0 Å². The summed E-state index contributed by atoms with van der Waals surface area (Å²) in [6, 6.07) is 18.2. The highest BCUT2D eigenvalue weighted by molar-refractivity contribution is 9.10. The number of hydrogen-bond acceptors (Lipinski definition) is 5. The predicted octanol–water partition coefficient (Wildman–Crippen LogP) is 7.58. The molecular weight excluding hydrogens is 559 g/mol. The van der Waals surface area contributed by atoms with Crippen LogP contribution in [0.15, 0.2) is 75.0 Å². The van der Waals surface area contributed by atoms with Gasteiger partial charge in [-0.2, -0.15) is 0 Å². The highest BCUT2D eigenvalue weighted by atomic mass is 79.9. The molecule has 1 heterocycles. The van der Waals surface area contributed by atoms with Crippen LogP contribution in [0.1, 0.15) is 11.1 Å². The van der Waals surface area contributed by atoms with Crippen molar-refractivity contribution >= 4 is 73.7 Å². The summed E-state index contributed by atoms with van der Waals surface area (Å²) in [5.41, 5.74) is 2.30. The van der Waals surface area contributed by atoms with Crippen LogP contribution in [-0.4, -0.2) is 30.1 Å². The molecule has 0 aromatic heterocycles. The fourth-order valence-corrected chi connectivity index (χ4v) is 4.94. The third-order valence-electron chi connectivity index (χ3n) is 4.96. The molecule has 0 N–H and O–H groups in total. The molecule has 1 amide bonds. The van der Waals surface area contributed by atoms with Gasteiger partial charge in [-0.1, -0.05) is 45.2 Å². The van der Waals surface area contributed by atoms with Crippen LogP contribution in [0.5, 0.6) is 11.5 Å². The van der Waals surface area contributed by atoms with E-state index in [1.54, 1.807) is 26.3 Å². The van der Waals surface area contributed by atoms with Crippen molar-refractivity contribution < 1.29 is 14.3 Å². The van der Waals surface area contributed by atoms with Gasteiger partial charge in [0.15, 0.2) is 5.17 Å². The minimum absolute atomic E-state index is 0.135. The second-order valence-electron chi connectivity index (χ2n) is 7.27. The topological polar surface area (TPSA) is 51.1 Å². The summed E-state index contributed by atoms with van der Waals surface area (Å²) in [5, 5.41) is 1.69. The summed E-state index contributed by atoms with van der Waals surface area (Å²) < 4.78 is 12.1. The maximum Gasteiger partial charge on any atom is 0.266 e. The number of nitrogens with zero attached hydrogens (tertiary/aromatic N) is 2. The van der Waals surface area contributed by atoms with E-state index >= 15 is 0 Å². The second-order valence-corrected chi connectivity index (χ2v) is 10.0. The van der Waals surface area contributed by atoms with Gasteiger partial charge in [0.05, 0.1) is 17.7 Å². The van der Waals surface area contributed by atoms with Crippen LogP contribution in [0, 0.1) is 0 Å². The molecule has 0 aliphatic carbocycles. The molecule has 3 aromatic carbocycles. The number of methoxy groups -OCH3 is 1. The molecule has 0 bridgehead atoms. The van der Waals surface area contributed by atoms with E-state index in [9.17, 15) is 4.79 Å². The summed E-state index contributed by atoms with van der Waals surface area (Å²) in [6.07, 6.45) is 1.81. The van der Waals surface area contributed by atoms with Gasteiger partial charge in [-0.05, 0) is 72.4 Å². The number of carbonyl (C=O) groups is 1. The molecule has 1 aliphatic rings. The quantitative estimate of drug-likeness (QED) is 0.283. The molecular formula is C25H19BrCl2N2O3S. The SMILES string of the molecule is COc1ccc(N=C2S/C(=C/c3cc(Br)ccc3OCc3ccc(Cl)cc3Cl)C(=O)N2C)cc1. The number of ether oxygens (including phenoxy) is 2. The molecule has 9 heteroatoms. The number of hydrogen-bond donors (Lipinski definition) is 0. The summed E-state index contributed by atoms with van der Waals surface area (Å²) in [5.74, 6) is 1.23. The summed E-state index contributed by atoms with van der Waals surface area (Å²) >= 11 is 17.1. The monoisotopic (exact) mass is 576 g/mol. The van der Waals surface area contributed by atoms with Crippen molar-refractivity contribution in [3.05, 3.63) is 91.2 Å². The highest BCUT2D eigenvalue weighted by Crippen LogP contribution is 2.36. The third-order valence-corrected chi connectivity index (χ3v) is 7.10. The van der Waals surface area contributed by atoms with Crippen LogP contribution in [0.2, 0.25) is 10.0 Å². The normalized spacial score (nSPS) is 15.9. The molecule has 0 unspecified atom stereocenters. The number of benzene rings is 3. The lowest BCUT2D eigenvalue weighted by molar-refractivity contribution is -0.121. The summed E-state index contributed by atoms with van der Waals surface area (Å²) in [7, 11) is 3.32. The molecule has 0 saturated carbocycles. The summed E-state index contributed by atoms with van der Waals surface area (Å²) in [4.78, 5) is 19.6. The Morgan fingerprint density at radius 2 is 1.85 bits per heavy atom. The minimum atomic E-state index is -0.135. The average molecular weight is 578 g/mol. The van der Waals surface area contributed by atoms with Gasteiger partial charge in [-0.15, -0.1) is 0 Å². The van der Waals surface area contributed by atoms with Gasteiger partial charge in [0.1, 0.15) is 18.1 Å². The van der Waals surface area contributed by atoms with E-state index in [4.69, 9.17) is 32.7 Å². The Labute approximate surface area is 220 Å². The van der Waals surface area contributed by atoms with Crippen LogP contribution >= 0.6 is 50.9 Å². The summed E-state index contributed by atoms with van der Waals surface area (Å²) in [6.45, 7) is 0.263. The van der Waals surface area contributed by atoms with Gasteiger partial charge in [-0.3, -0.25) is 9.69 Å². The van der Waals surface area contributed by atoms with Gasteiger partial charge in [0.2, 0.25) is 0 Å². The van der Waals surface area contributed by atoms with Gasteiger partial charge < -0.3 is 9.47 Å². The Hall–Kier alpha value is -2.45. The molecule has 5 nitrogen and oxygen atoms in total. The zero-order valence-electron chi connectivity index (χ0n) is 18.2. The number of aliphatic imine (C=N–C) groups is 1. The Kier molecular flexibility index (Phi) is 7.88. The smallest absolute Gasteiger partial charge is 0.266 e. The second kappa shape index (κ2) is 10.9. The fourth-order valence-electron chi connectivity index (χ4n) is 3.12. The number of halogens is 3. The van der Waals surface area contributed by atoms with Crippen LogP contribution in [0.4, 0.5) is 5.69 Å². The molecule has 3 aromatic rings. The van der Waals surface area contributed by atoms with E-state index in [2.05, 4.69) is 20.9 Å². The zero-order chi connectivity index (χ0) is 24.2. The molecule has 1 saturated heterocycles. The van der Waals surface area contributed by atoms with Gasteiger partial charge in [0.25, 0.3) is 5.91 Å². The Balaban J connectivity index is 1.58. The number of carbonyl (C=O) groups excluding carboxylic acids is 1. The predicted molar refractivity (Wildman–Crippen MR) is 143 cm³/mol. The Morgan fingerprint density at radius 1 is 1.09 bits per heavy atom. The first kappa shape index (κ1) is 24.7. The third kappa shape index (κ3) is 5.78. The molecule has 1 aliphatic heterocycles. The molecule has 0 radical (unpaired) electrons.